The van der Waals surface area contributed by atoms with Gasteiger partial charge in [-0.05, 0) is 19.1 Å². The molecule has 92 valence electrons. The van der Waals surface area contributed by atoms with Crippen LogP contribution in [0.4, 0.5) is 0 Å². The van der Waals surface area contributed by atoms with Crippen LogP contribution in [0.15, 0.2) is 18.2 Å². The first-order valence-electron chi connectivity index (χ1n) is 4.97. The molecule has 1 rings (SSSR count). The highest BCUT2D eigenvalue weighted by Gasteiger charge is 2.17. The van der Waals surface area contributed by atoms with Crippen LogP contribution in [0.25, 0.3) is 0 Å². The third-order valence-corrected chi connectivity index (χ3v) is 1.76. The summed E-state index contributed by atoms with van der Waals surface area (Å²) in [6, 6.07) is 4.45. The average Bonchev–Trinajstić information content (AvgIpc) is 2.26. The molecule has 6 heteroatoms. The second-order valence-electron chi connectivity index (χ2n) is 3.08. The molecule has 1 aromatic carbocycles. The van der Waals surface area contributed by atoms with E-state index in [-0.39, 0.29) is 23.7 Å². The zero-order chi connectivity index (χ0) is 12.8. The molecular weight excluding hydrogens is 226 g/mol. The van der Waals surface area contributed by atoms with Crippen molar-refractivity contribution in [3.8, 4) is 11.5 Å². The van der Waals surface area contributed by atoms with Crippen molar-refractivity contribution in [1.29, 1.82) is 0 Å². The fourth-order valence-corrected chi connectivity index (χ4v) is 1.15. The van der Waals surface area contributed by atoms with E-state index < -0.39 is 11.9 Å². The van der Waals surface area contributed by atoms with Gasteiger partial charge in [0.05, 0.1) is 12.2 Å². The fourth-order valence-electron chi connectivity index (χ4n) is 1.15. The van der Waals surface area contributed by atoms with Crippen molar-refractivity contribution in [2.75, 3.05) is 6.61 Å². The first kappa shape index (κ1) is 13.0. The van der Waals surface area contributed by atoms with Crippen molar-refractivity contribution in [2.24, 2.45) is 5.73 Å². The number of carbonyl (C=O) groups is 2. The van der Waals surface area contributed by atoms with Crippen LogP contribution >= 0.6 is 0 Å². The third-order valence-electron chi connectivity index (χ3n) is 1.76. The van der Waals surface area contributed by atoms with E-state index in [1.54, 1.807) is 6.92 Å². The molecule has 0 aliphatic rings. The number of ether oxygens (including phenoxy) is 1. The van der Waals surface area contributed by atoms with Crippen LogP contribution in [-0.2, 0) is 9.68 Å². The number of esters is 1. The molecule has 0 heterocycles. The number of carbonyl (C=O) groups excluding carboxylic acids is 2. The van der Waals surface area contributed by atoms with Crippen molar-refractivity contribution in [3.63, 3.8) is 0 Å². The van der Waals surface area contributed by atoms with E-state index >= 15 is 0 Å². The monoisotopic (exact) mass is 239 g/mol. The molecule has 2 N–H and O–H groups in total. The summed E-state index contributed by atoms with van der Waals surface area (Å²) in [7, 11) is 0. The maximum Gasteiger partial charge on any atom is 0.308 e. The van der Waals surface area contributed by atoms with Crippen LogP contribution in [-0.4, -0.2) is 18.5 Å². The highest BCUT2D eigenvalue weighted by atomic mass is 17.2. The molecule has 0 fully saturated rings. The molecule has 0 unspecified atom stereocenters. The van der Waals surface area contributed by atoms with Gasteiger partial charge in [-0.2, -0.15) is 4.89 Å². The van der Waals surface area contributed by atoms with Crippen molar-refractivity contribution < 1.29 is 24.1 Å². The molecule has 0 saturated carbocycles. The fraction of sp³-hybridized carbons (Fsp3) is 0.273. The molecule has 6 nitrogen and oxygen atoms in total. The molecule has 0 aliphatic carbocycles. The summed E-state index contributed by atoms with van der Waals surface area (Å²) in [5, 5.41) is 0. The maximum absolute atomic E-state index is 11.2. The number of hydrogen-bond acceptors (Lipinski definition) is 5. The summed E-state index contributed by atoms with van der Waals surface area (Å²) in [4.78, 5) is 31.7. The number of rotatable bonds is 5. The minimum Gasteiger partial charge on any atom is -0.423 e. The van der Waals surface area contributed by atoms with E-state index in [1.807, 2.05) is 0 Å². The number of hydrogen-bond donors (Lipinski definition) is 1. The summed E-state index contributed by atoms with van der Waals surface area (Å²) in [6.45, 7) is 3.21. The van der Waals surface area contributed by atoms with E-state index in [9.17, 15) is 9.59 Å². The van der Waals surface area contributed by atoms with Crippen LogP contribution in [0.5, 0.6) is 11.5 Å². The predicted molar refractivity (Wildman–Crippen MR) is 58.5 cm³/mol. The summed E-state index contributed by atoms with van der Waals surface area (Å²) in [5.41, 5.74) is 5.25. The van der Waals surface area contributed by atoms with E-state index in [2.05, 4.69) is 0 Å². The number of amides is 1. The predicted octanol–water partition coefficient (Wildman–Crippen LogP) is 1.04. The van der Waals surface area contributed by atoms with E-state index in [1.165, 1.54) is 25.1 Å². The average molecular weight is 239 g/mol. The molecule has 0 aromatic heterocycles. The standard InChI is InChI=1S/C11H13NO5/c1-3-15-17-10-8(11(12)14)5-4-6-9(10)16-7(2)13/h4-6H,3H2,1-2H3,(H2,12,14). The largest absolute Gasteiger partial charge is 0.423 e. The first-order chi connectivity index (χ1) is 8.06. The van der Waals surface area contributed by atoms with Crippen LogP contribution in [0.1, 0.15) is 24.2 Å². The van der Waals surface area contributed by atoms with E-state index in [4.69, 9.17) is 20.2 Å². The number of para-hydroxylation sites is 1. The van der Waals surface area contributed by atoms with Crippen LogP contribution in [0.2, 0.25) is 0 Å². The molecule has 0 radical (unpaired) electrons. The van der Waals surface area contributed by atoms with Crippen LogP contribution in [0.3, 0.4) is 0 Å². The Morgan fingerprint density at radius 1 is 1.35 bits per heavy atom. The van der Waals surface area contributed by atoms with Crippen molar-refractivity contribution in [1.82, 2.24) is 0 Å². The Balaban J connectivity index is 3.13. The molecule has 0 spiro atoms. The summed E-state index contributed by atoms with van der Waals surface area (Å²) in [6.07, 6.45) is 0. The lowest BCUT2D eigenvalue weighted by Crippen LogP contribution is -2.14. The Morgan fingerprint density at radius 3 is 2.59 bits per heavy atom. The summed E-state index contributed by atoms with van der Waals surface area (Å²) < 4.78 is 4.88. The van der Waals surface area contributed by atoms with E-state index in [0.717, 1.165) is 0 Å². The lowest BCUT2D eigenvalue weighted by molar-refractivity contribution is -0.203. The number of nitrogens with two attached hydrogens (primary N) is 1. The van der Waals surface area contributed by atoms with Crippen molar-refractivity contribution >= 4 is 11.9 Å². The summed E-state index contributed by atoms with van der Waals surface area (Å²) >= 11 is 0. The van der Waals surface area contributed by atoms with Gasteiger partial charge >= 0.3 is 5.97 Å². The van der Waals surface area contributed by atoms with Crippen molar-refractivity contribution in [2.45, 2.75) is 13.8 Å². The quantitative estimate of drug-likeness (QED) is 0.359. The normalized spacial score (nSPS) is 9.76. The second kappa shape index (κ2) is 5.86. The third kappa shape index (κ3) is 3.46. The van der Waals surface area contributed by atoms with Crippen molar-refractivity contribution in [3.05, 3.63) is 23.8 Å². The molecule has 0 atom stereocenters. The minimum absolute atomic E-state index is 0.00273. The topological polar surface area (TPSA) is 87.8 Å². The minimum atomic E-state index is -0.700. The van der Waals surface area contributed by atoms with E-state index in [0.29, 0.717) is 0 Å². The second-order valence-corrected chi connectivity index (χ2v) is 3.08. The Bertz CT molecular complexity index is 430. The lowest BCUT2D eigenvalue weighted by Gasteiger charge is -2.11. The number of primary amides is 1. The zero-order valence-electron chi connectivity index (χ0n) is 9.56. The smallest absolute Gasteiger partial charge is 0.308 e. The van der Waals surface area contributed by atoms with Crippen LogP contribution in [0, 0.1) is 0 Å². The maximum atomic E-state index is 11.2. The van der Waals surface area contributed by atoms with Gasteiger partial charge in [0.2, 0.25) is 5.75 Å². The van der Waals surface area contributed by atoms with Gasteiger partial charge in [-0.25, -0.2) is 0 Å². The van der Waals surface area contributed by atoms with Gasteiger partial charge in [0.1, 0.15) is 0 Å². The van der Waals surface area contributed by atoms with Gasteiger partial charge in [0.15, 0.2) is 5.75 Å². The SMILES string of the molecule is CCOOc1c(OC(C)=O)cccc1C(N)=O. The molecule has 1 aromatic rings. The Hall–Kier alpha value is -2.08. The molecule has 0 bridgehead atoms. The summed E-state index contributed by atoms with van der Waals surface area (Å²) in [5.74, 6) is -1.15. The highest BCUT2D eigenvalue weighted by Crippen LogP contribution is 2.31. The lowest BCUT2D eigenvalue weighted by atomic mass is 10.2. The highest BCUT2D eigenvalue weighted by molar-refractivity contribution is 5.96. The Morgan fingerprint density at radius 2 is 2.06 bits per heavy atom. The van der Waals surface area contributed by atoms with Gasteiger partial charge < -0.3 is 15.4 Å². The van der Waals surface area contributed by atoms with Gasteiger partial charge in [-0.1, -0.05) is 6.07 Å². The molecule has 17 heavy (non-hydrogen) atoms. The van der Waals surface area contributed by atoms with Gasteiger partial charge in [0, 0.05) is 6.92 Å². The molecular formula is C11H13NO5. The molecule has 0 aliphatic heterocycles. The van der Waals surface area contributed by atoms with Gasteiger partial charge in [-0.3, -0.25) is 9.59 Å². The van der Waals surface area contributed by atoms with Crippen LogP contribution < -0.4 is 15.4 Å². The van der Waals surface area contributed by atoms with Gasteiger partial charge in [-0.15, -0.1) is 0 Å². The number of benzene rings is 1. The Labute approximate surface area is 98.2 Å². The zero-order valence-corrected chi connectivity index (χ0v) is 9.56. The first-order valence-corrected chi connectivity index (χ1v) is 4.97. The Kier molecular flexibility index (Phi) is 4.47. The molecule has 1 amide bonds. The van der Waals surface area contributed by atoms with Gasteiger partial charge in [0.25, 0.3) is 5.91 Å². The molecule has 0 saturated heterocycles.